The first kappa shape index (κ1) is 18.0. The lowest BCUT2D eigenvalue weighted by atomic mass is 10.1. The van der Waals surface area contributed by atoms with Gasteiger partial charge in [-0.3, -0.25) is 9.59 Å². The SMILES string of the molecule is COCCCNC(=O)c1ccc(NC(=O)c2ccc(Cl)cc2)cc1. The number of hydrogen-bond acceptors (Lipinski definition) is 3. The zero-order chi connectivity index (χ0) is 17.4. The minimum atomic E-state index is -0.233. The molecule has 2 aromatic carbocycles. The second kappa shape index (κ2) is 9.05. The lowest BCUT2D eigenvalue weighted by Gasteiger charge is -2.08. The Bertz CT molecular complexity index is 684. The molecule has 0 bridgehead atoms. The molecule has 0 unspecified atom stereocenters. The van der Waals surface area contributed by atoms with E-state index < -0.39 is 0 Å². The number of halogens is 1. The van der Waals surface area contributed by atoms with Gasteiger partial charge in [0.1, 0.15) is 0 Å². The Morgan fingerprint density at radius 3 is 2.17 bits per heavy atom. The van der Waals surface area contributed by atoms with Gasteiger partial charge in [0, 0.05) is 42.1 Å². The number of amides is 2. The molecule has 0 heterocycles. The van der Waals surface area contributed by atoms with Crippen LogP contribution in [0.2, 0.25) is 5.02 Å². The molecule has 2 aromatic rings. The summed E-state index contributed by atoms with van der Waals surface area (Å²) >= 11 is 5.80. The molecule has 0 saturated carbocycles. The minimum absolute atomic E-state index is 0.151. The number of nitrogens with one attached hydrogen (secondary N) is 2. The predicted octanol–water partition coefficient (Wildman–Crippen LogP) is 3.36. The predicted molar refractivity (Wildman–Crippen MR) is 94.7 cm³/mol. The van der Waals surface area contributed by atoms with Crippen LogP contribution in [0.1, 0.15) is 27.1 Å². The number of ether oxygens (including phenoxy) is 1. The van der Waals surface area contributed by atoms with E-state index in [1.165, 1.54) is 0 Å². The van der Waals surface area contributed by atoms with E-state index >= 15 is 0 Å². The van der Waals surface area contributed by atoms with Crippen LogP contribution in [0.3, 0.4) is 0 Å². The van der Waals surface area contributed by atoms with Crippen molar-refractivity contribution in [3.05, 3.63) is 64.7 Å². The number of benzene rings is 2. The number of methoxy groups -OCH3 is 1. The topological polar surface area (TPSA) is 67.4 Å². The molecular formula is C18H19ClN2O3. The second-order valence-electron chi connectivity index (χ2n) is 5.14. The first-order valence-corrected chi connectivity index (χ1v) is 7.92. The standard InChI is InChI=1S/C18H19ClN2O3/c1-24-12-2-11-20-17(22)13-5-9-16(10-6-13)21-18(23)14-3-7-15(19)8-4-14/h3-10H,2,11-12H2,1H3,(H,20,22)(H,21,23). The molecule has 5 nitrogen and oxygen atoms in total. The lowest BCUT2D eigenvalue weighted by Crippen LogP contribution is -2.25. The Balaban J connectivity index is 1.90. The zero-order valence-electron chi connectivity index (χ0n) is 13.3. The van der Waals surface area contributed by atoms with Crippen molar-refractivity contribution in [1.29, 1.82) is 0 Å². The Labute approximate surface area is 146 Å². The van der Waals surface area contributed by atoms with Crippen LogP contribution in [0, 0.1) is 0 Å². The minimum Gasteiger partial charge on any atom is -0.385 e. The Morgan fingerprint density at radius 2 is 1.54 bits per heavy atom. The van der Waals surface area contributed by atoms with Gasteiger partial charge in [0.15, 0.2) is 0 Å². The van der Waals surface area contributed by atoms with Gasteiger partial charge >= 0.3 is 0 Å². The van der Waals surface area contributed by atoms with Gasteiger partial charge < -0.3 is 15.4 Å². The third kappa shape index (κ3) is 5.37. The third-order valence-electron chi connectivity index (χ3n) is 3.32. The van der Waals surface area contributed by atoms with Crippen LogP contribution in [0.25, 0.3) is 0 Å². The average molecular weight is 347 g/mol. The molecule has 0 aromatic heterocycles. The summed E-state index contributed by atoms with van der Waals surface area (Å²) in [5, 5.41) is 6.16. The quantitative estimate of drug-likeness (QED) is 0.755. The molecule has 2 rings (SSSR count). The maximum absolute atomic E-state index is 12.1. The number of carbonyl (C=O) groups is 2. The van der Waals surface area contributed by atoms with Crippen molar-refractivity contribution in [3.63, 3.8) is 0 Å². The smallest absolute Gasteiger partial charge is 0.255 e. The van der Waals surface area contributed by atoms with E-state index in [2.05, 4.69) is 10.6 Å². The highest BCUT2D eigenvalue weighted by atomic mass is 35.5. The summed E-state index contributed by atoms with van der Waals surface area (Å²) < 4.78 is 4.93. The molecule has 0 saturated heterocycles. The van der Waals surface area contributed by atoms with E-state index in [9.17, 15) is 9.59 Å². The molecule has 126 valence electrons. The Hall–Kier alpha value is -2.37. The van der Waals surface area contributed by atoms with E-state index in [1.807, 2.05) is 0 Å². The molecule has 6 heteroatoms. The van der Waals surface area contributed by atoms with E-state index in [-0.39, 0.29) is 11.8 Å². The first-order valence-electron chi connectivity index (χ1n) is 7.54. The fraction of sp³-hybridized carbons (Fsp3) is 0.222. The molecular weight excluding hydrogens is 328 g/mol. The number of carbonyl (C=O) groups excluding carboxylic acids is 2. The van der Waals surface area contributed by atoms with Gasteiger partial charge in [-0.05, 0) is 55.0 Å². The second-order valence-corrected chi connectivity index (χ2v) is 5.58. The molecule has 0 radical (unpaired) electrons. The van der Waals surface area contributed by atoms with E-state index in [0.29, 0.717) is 35.0 Å². The van der Waals surface area contributed by atoms with E-state index in [1.54, 1.807) is 55.6 Å². The van der Waals surface area contributed by atoms with Gasteiger partial charge in [-0.25, -0.2) is 0 Å². The van der Waals surface area contributed by atoms with Crippen molar-refractivity contribution >= 4 is 29.1 Å². The van der Waals surface area contributed by atoms with Crippen LogP contribution in [0.5, 0.6) is 0 Å². The van der Waals surface area contributed by atoms with Crippen molar-refractivity contribution < 1.29 is 14.3 Å². The van der Waals surface area contributed by atoms with Crippen molar-refractivity contribution in [1.82, 2.24) is 5.32 Å². The zero-order valence-corrected chi connectivity index (χ0v) is 14.1. The number of rotatable bonds is 7. The van der Waals surface area contributed by atoms with Gasteiger partial charge in [-0.1, -0.05) is 11.6 Å². The molecule has 0 aliphatic carbocycles. The summed E-state index contributed by atoms with van der Waals surface area (Å²) in [6, 6.07) is 13.3. The monoisotopic (exact) mass is 346 g/mol. The third-order valence-corrected chi connectivity index (χ3v) is 3.57. The number of hydrogen-bond donors (Lipinski definition) is 2. The summed E-state index contributed by atoms with van der Waals surface area (Å²) in [6.45, 7) is 1.16. The maximum Gasteiger partial charge on any atom is 0.255 e. The van der Waals surface area contributed by atoms with Gasteiger partial charge in [0.2, 0.25) is 0 Å². The highest BCUT2D eigenvalue weighted by Gasteiger charge is 2.08. The Kier molecular flexibility index (Phi) is 6.78. The molecule has 24 heavy (non-hydrogen) atoms. The van der Waals surface area contributed by atoms with Crippen molar-refractivity contribution in [2.75, 3.05) is 25.6 Å². The summed E-state index contributed by atoms with van der Waals surface area (Å²) in [6.07, 6.45) is 0.761. The molecule has 2 N–H and O–H groups in total. The summed E-state index contributed by atoms with van der Waals surface area (Å²) in [4.78, 5) is 24.0. The van der Waals surface area contributed by atoms with Crippen molar-refractivity contribution in [3.8, 4) is 0 Å². The Morgan fingerprint density at radius 1 is 0.958 bits per heavy atom. The van der Waals surface area contributed by atoms with Crippen LogP contribution in [-0.2, 0) is 4.74 Å². The first-order chi connectivity index (χ1) is 11.6. The fourth-order valence-electron chi connectivity index (χ4n) is 2.03. The summed E-state index contributed by atoms with van der Waals surface area (Å²) in [5.74, 6) is -0.384. The largest absolute Gasteiger partial charge is 0.385 e. The summed E-state index contributed by atoms with van der Waals surface area (Å²) in [5.41, 5.74) is 1.67. The highest BCUT2D eigenvalue weighted by Crippen LogP contribution is 2.13. The van der Waals surface area contributed by atoms with Crippen LogP contribution in [-0.4, -0.2) is 32.1 Å². The van der Waals surface area contributed by atoms with Crippen molar-refractivity contribution in [2.45, 2.75) is 6.42 Å². The molecule has 0 atom stereocenters. The van der Waals surface area contributed by atoms with Crippen LogP contribution >= 0.6 is 11.6 Å². The van der Waals surface area contributed by atoms with E-state index in [0.717, 1.165) is 6.42 Å². The normalized spacial score (nSPS) is 10.2. The molecule has 0 spiro atoms. The fourth-order valence-corrected chi connectivity index (χ4v) is 2.16. The van der Waals surface area contributed by atoms with Gasteiger partial charge in [0.05, 0.1) is 0 Å². The molecule has 0 aliphatic heterocycles. The van der Waals surface area contributed by atoms with Crippen molar-refractivity contribution in [2.24, 2.45) is 0 Å². The number of anilines is 1. The van der Waals surface area contributed by atoms with Gasteiger partial charge in [-0.15, -0.1) is 0 Å². The van der Waals surface area contributed by atoms with E-state index in [4.69, 9.17) is 16.3 Å². The van der Waals surface area contributed by atoms with Gasteiger partial charge in [-0.2, -0.15) is 0 Å². The lowest BCUT2D eigenvalue weighted by molar-refractivity contribution is 0.0948. The molecule has 0 aliphatic rings. The molecule has 0 fully saturated rings. The highest BCUT2D eigenvalue weighted by molar-refractivity contribution is 6.30. The van der Waals surface area contributed by atoms with Crippen LogP contribution < -0.4 is 10.6 Å². The van der Waals surface area contributed by atoms with Crippen LogP contribution in [0.4, 0.5) is 5.69 Å². The van der Waals surface area contributed by atoms with Gasteiger partial charge in [0.25, 0.3) is 11.8 Å². The summed E-state index contributed by atoms with van der Waals surface area (Å²) in [7, 11) is 1.62. The van der Waals surface area contributed by atoms with Crippen LogP contribution in [0.15, 0.2) is 48.5 Å². The maximum atomic E-state index is 12.1. The average Bonchev–Trinajstić information content (AvgIpc) is 2.59. The molecule has 2 amide bonds.